The zero-order valence-corrected chi connectivity index (χ0v) is 13.8. The molecular weight excluding hydrogens is 307 g/mol. The van der Waals surface area contributed by atoms with E-state index in [9.17, 15) is 5.11 Å². The smallest absolute Gasteiger partial charge is 0.872 e. The first-order valence-electron chi connectivity index (χ1n) is 4.29. The van der Waals surface area contributed by atoms with E-state index in [0.717, 1.165) is 0 Å². The van der Waals surface area contributed by atoms with Crippen molar-refractivity contribution < 1.29 is 40.1 Å². The van der Waals surface area contributed by atoms with Crippen molar-refractivity contribution >= 4 is 34.8 Å². The third kappa shape index (κ3) is 7.44. The summed E-state index contributed by atoms with van der Waals surface area (Å²) in [5.74, 6) is 0.0718. The molecule has 0 fully saturated rings. The predicted octanol–water partition coefficient (Wildman–Crippen LogP) is -0.0187. The van der Waals surface area contributed by atoms with E-state index >= 15 is 0 Å². The predicted molar refractivity (Wildman–Crippen MR) is 68.8 cm³/mol. The number of rotatable bonds is 0. The molecule has 0 radical (unpaired) electrons. The molecule has 92 valence electrons. The van der Waals surface area contributed by atoms with Crippen LogP contribution in [0.2, 0.25) is 15.2 Å². The van der Waals surface area contributed by atoms with Gasteiger partial charge >= 0.3 is 29.6 Å². The molecule has 1 heterocycles. The number of benzene rings is 1. The van der Waals surface area contributed by atoms with Gasteiger partial charge in [0.2, 0.25) is 0 Å². The van der Waals surface area contributed by atoms with E-state index in [4.69, 9.17) is 34.8 Å². The number of hydrogen-bond donors (Lipinski definition) is 0. The minimum atomic E-state index is 0. The molecule has 3 nitrogen and oxygen atoms in total. The van der Waals surface area contributed by atoms with Crippen LogP contribution in [0.5, 0.6) is 5.75 Å². The summed E-state index contributed by atoms with van der Waals surface area (Å²) in [6.07, 6.45) is 1.50. The molecule has 0 unspecified atom stereocenters. The van der Waals surface area contributed by atoms with Crippen LogP contribution >= 0.6 is 34.8 Å². The molecule has 7 heteroatoms. The molecule has 2 N–H and O–H groups in total. The van der Waals surface area contributed by atoms with E-state index in [1.54, 1.807) is 18.2 Å². The first-order valence-corrected chi connectivity index (χ1v) is 5.42. The molecule has 0 aliphatic heterocycles. The normalized spacial score (nSPS) is 8.17. The van der Waals surface area contributed by atoms with Gasteiger partial charge in [-0.3, -0.25) is 0 Å². The Labute approximate surface area is 142 Å². The minimum absolute atomic E-state index is 0. The van der Waals surface area contributed by atoms with Gasteiger partial charge in [0, 0.05) is 6.20 Å². The van der Waals surface area contributed by atoms with Crippen LogP contribution < -0.4 is 34.7 Å². The largest absolute Gasteiger partial charge is 1.00 e. The fourth-order valence-corrected chi connectivity index (χ4v) is 1.28. The van der Waals surface area contributed by atoms with E-state index in [1.165, 1.54) is 18.3 Å². The van der Waals surface area contributed by atoms with Crippen molar-refractivity contribution in [1.29, 1.82) is 0 Å². The van der Waals surface area contributed by atoms with E-state index in [2.05, 4.69) is 4.98 Å². The van der Waals surface area contributed by atoms with Gasteiger partial charge in [-0.1, -0.05) is 65.1 Å². The van der Waals surface area contributed by atoms with Gasteiger partial charge in [0.1, 0.15) is 5.15 Å². The Balaban J connectivity index is 0. The number of para-hydroxylation sites is 1. The van der Waals surface area contributed by atoms with E-state index in [0.29, 0.717) is 10.0 Å². The van der Waals surface area contributed by atoms with E-state index < -0.39 is 0 Å². The van der Waals surface area contributed by atoms with Gasteiger partial charge in [-0.25, -0.2) is 4.98 Å². The maximum absolute atomic E-state index is 10.3. The molecule has 1 aromatic heterocycles. The Morgan fingerprint density at radius 3 is 1.83 bits per heavy atom. The van der Waals surface area contributed by atoms with Gasteiger partial charge in [0.15, 0.2) is 0 Å². The average molecular weight is 317 g/mol. The molecule has 0 aliphatic rings. The standard InChI is InChI=1S/C6H6O.C5H2Cl3N.Na.H2O/c7-6-4-2-1-3-5-6;6-3-1-2-9-5(8)4(3)7;;/h1-5,7H;1-2H;;1H2/q;;+1;/p-1. The second-order valence-corrected chi connectivity index (χ2v) is 3.85. The molecule has 0 bridgehead atoms. The van der Waals surface area contributed by atoms with Crippen molar-refractivity contribution in [2.75, 3.05) is 0 Å². The molecule has 1 aromatic carbocycles. The Morgan fingerprint density at radius 2 is 1.50 bits per heavy atom. The van der Waals surface area contributed by atoms with Crippen LogP contribution in [0.4, 0.5) is 0 Å². The van der Waals surface area contributed by atoms with Crippen LogP contribution in [-0.4, -0.2) is 10.5 Å². The number of aromatic nitrogens is 1. The maximum Gasteiger partial charge on any atom is 1.00 e. The van der Waals surface area contributed by atoms with Gasteiger partial charge in [0.05, 0.1) is 10.0 Å². The van der Waals surface area contributed by atoms with Crippen molar-refractivity contribution in [3.8, 4) is 5.75 Å². The molecule has 0 amide bonds. The van der Waals surface area contributed by atoms with Crippen molar-refractivity contribution in [1.82, 2.24) is 4.98 Å². The summed E-state index contributed by atoms with van der Waals surface area (Å²) in [7, 11) is 0. The van der Waals surface area contributed by atoms with Gasteiger partial charge in [0.25, 0.3) is 0 Å². The monoisotopic (exact) mass is 315 g/mol. The maximum atomic E-state index is 10.3. The molecule has 2 aromatic rings. The summed E-state index contributed by atoms with van der Waals surface area (Å²) in [6.45, 7) is 0. The zero-order chi connectivity index (χ0) is 12.0. The first kappa shape index (κ1) is 20.3. The molecular formula is C11H9Cl3NNaO2. The fraction of sp³-hybridized carbons (Fsp3) is 0. The van der Waals surface area contributed by atoms with Crippen LogP contribution in [0, 0.1) is 0 Å². The second kappa shape index (κ2) is 10.9. The molecule has 2 rings (SSSR count). The Kier molecular flexibility index (Phi) is 12.3. The number of pyridine rings is 1. The van der Waals surface area contributed by atoms with E-state index in [-0.39, 0.29) is 45.9 Å². The van der Waals surface area contributed by atoms with Crippen molar-refractivity contribution in [3.05, 3.63) is 57.8 Å². The number of nitrogens with zero attached hydrogens (tertiary/aromatic N) is 1. The number of hydrogen-bond acceptors (Lipinski definition) is 2. The summed E-state index contributed by atoms with van der Waals surface area (Å²) >= 11 is 16.6. The summed E-state index contributed by atoms with van der Waals surface area (Å²) in [4.78, 5) is 3.69. The third-order valence-corrected chi connectivity index (χ3v) is 2.72. The number of halogens is 3. The molecule has 0 atom stereocenters. The molecule has 0 spiro atoms. The topological polar surface area (TPSA) is 67.5 Å². The second-order valence-electron chi connectivity index (χ2n) is 2.71. The van der Waals surface area contributed by atoms with Crippen LogP contribution in [0.15, 0.2) is 42.6 Å². The zero-order valence-electron chi connectivity index (χ0n) is 9.53. The minimum Gasteiger partial charge on any atom is -0.872 e. The van der Waals surface area contributed by atoms with Gasteiger partial charge in [-0.15, -0.1) is 5.75 Å². The summed E-state index contributed by atoms with van der Waals surface area (Å²) in [6, 6.07) is 9.90. The first-order chi connectivity index (χ1) is 7.61. The molecule has 18 heavy (non-hydrogen) atoms. The summed E-state index contributed by atoms with van der Waals surface area (Å²) in [5, 5.41) is 11.2. The SMILES string of the molecule is Clc1ccnc(Cl)c1Cl.O.[Na+].[O-]c1ccccc1. The van der Waals surface area contributed by atoms with Crippen molar-refractivity contribution in [2.24, 2.45) is 0 Å². The Morgan fingerprint density at radius 1 is 0.944 bits per heavy atom. The average Bonchev–Trinajstić information content (AvgIpc) is 2.28. The van der Waals surface area contributed by atoms with Crippen molar-refractivity contribution in [3.63, 3.8) is 0 Å². The molecule has 0 saturated heterocycles. The molecule has 0 aliphatic carbocycles. The summed E-state index contributed by atoms with van der Waals surface area (Å²) in [5.41, 5.74) is 0. The van der Waals surface area contributed by atoms with Gasteiger partial charge in [-0.2, -0.15) is 0 Å². The van der Waals surface area contributed by atoms with Crippen molar-refractivity contribution in [2.45, 2.75) is 0 Å². The molecule has 0 saturated carbocycles. The summed E-state index contributed by atoms with van der Waals surface area (Å²) < 4.78 is 0. The van der Waals surface area contributed by atoms with Crippen LogP contribution in [0.25, 0.3) is 0 Å². The van der Waals surface area contributed by atoms with Crippen LogP contribution in [0.1, 0.15) is 0 Å². The fourth-order valence-electron chi connectivity index (χ4n) is 0.817. The quantitative estimate of drug-likeness (QED) is 0.506. The van der Waals surface area contributed by atoms with Gasteiger partial charge in [-0.05, 0) is 6.07 Å². The van der Waals surface area contributed by atoms with Crippen LogP contribution in [0.3, 0.4) is 0 Å². The Hall–Kier alpha value is -0.000000000000000222. The van der Waals surface area contributed by atoms with Crippen LogP contribution in [-0.2, 0) is 0 Å². The van der Waals surface area contributed by atoms with E-state index in [1.807, 2.05) is 6.07 Å². The van der Waals surface area contributed by atoms with Gasteiger partial charge < -0.3 is 10.6 Å². The Bertz CT molecular complexity index is 437. The third-order valence-electron chi connectivity index (χ3n) is 1.54.